The van der Waals surface area contributed by atoms with Crippen molar-refractivity contribution in [2.24, 2.45) is 0 Å². The van der Waals surface area contributed by atoms with Crippen LogP contribution in [0.15, 0.2) is 24.3 Å². The van der Waals surface area contributed by atoms with Gasteiger partial charge in [0.2, 0.25) is 0 Å². The van der Waals surface area contributed by atoms with Gasteiger partial charge in [0.15, 0.2) is 0 Å². The summed E-state index contributed by atoms with van der Waals surface area (Å²) in [5.74, 6) is -0.825. The Hall–Kier alpha value is -1.06. The summed E-state index contributed by atoms with van der Waals surface area (Å²) in [6, 6.07) is 6.72. The fraction of sp³-hybridized carbons (Fsp3) is 0.562. The predicted molar refractivity (Wildman–Crippen MR) is 81.1 cm³/mol. The second-order valence-corrected chi connectivity index (χ2v) is 5.97. The lowest BCUT2D eigenvalue weighted by molar-refractivity contribution is -0.140. The first-order chi connectivity index (χ1) is 9.66. The van der Waals surface area contributed by atoms with Gasteiger partial charge in [-0.2, -0.15) is 0 Å². The van der Waals surface area contributed by atoms with Crippen molar-refractivity contribution in [2.75, 3.05) is 0 Å². The van der Waals surface area contributed by atoms with Crippen molar-refractivity contribution in [3.05, 3.63) is 34.9 Å². The third-order valence-electron chi connectivity index (χ3n) is 3.96. The van der Waals surface area contributed by atoms with E-state index in [0.717, 1.165) is 18.4 Å². The normalized spacial score (nSPS) is 19.1. The molecule has 1 saturated carbocycles. The van der Waals surface area contributed by atoms with Crippen molar-refractivity contribution >= 4 is 17.6 Å². The Morgan fingerprint density at radius 1 is 1.10 bits per heavy atom. The zero-order chi connectivity index (χ0) is 14.4. The minimum atomic E-state index is -0.825. The van der Waals surface area contributed by atoms with Crippen LogP contribution in [0.2, 0.25) is 5.02 Å². The number of halogens is 1. The molecule has 1 aliphatic rings. The molecule has 0 radical (unpaired) electrons. The van der Waals surface area contributed by atoms with Crippen LogP contribution < -0.4 is 5.32 Å². The molecule has 1 aromatic rings. The van der Waals surface area contributed by atoms with Gasteiger partial charge < -0.3 is 5.11 Å². The van der Waals surface area contributed by atoms with Crippen molar-refractivity contribution in [3.63, 3.8) is 0 Å². The van der Waals surface area contributed by atoms with Crippen LogP contribution in [0.4, 0.5) is 0 Å². The number of benzene rings is 1. The molecule has 0 saturated heterocycles. The molecule has 0 aliphatic heterocycles. The van der Waals surface area contributed by atoms with E-state index < -0.39 is 12.0 Å². The summed E-state index contributed by atoms with van der Waals surface area (Å²) in [6.07, 6.45) is 8.34. The number of nitrogens with one attached hydrogen (secondary N) is 1. The highest BCUT2D eigenvalue weighted by Crippen LogP contribution is 2.22. The molecule has 1 atom stereocenters. The maximum Gasteiger partial charge on any atom is 0.325 e. The van der Waals surface area contributed by atoms with Gasteiger partial charge in [0.05, 0.1) is 0 Å². The summed E-state index contributed by atoms with van der Waals surface area (Å²) < 4.78 is 0. The van der Waals surface area contributed by atoms with Crippen LogP contribution in [0.1, 0.15) is 56.6 Å². The van der Waals surface area contributed by atoms with Crippen molar-refractivity contribution in [1.29, 1.82) is 0 Å². The molecule has 1 aromatic carbocycles. The Morgan fingerprint density at radius 3 is 2.20 bits per heavy atom. The topological polar surface area (TPSA) is 49.3 Å². The van der Waals surface area contributed by atoms with E-state index in [4.69, 9.17) is 11.6 Å². The van der Waals surface area contributed by atoms with Crippen molar-refractivity contribution in [3.8, 4) is 0 Å². The number of hydrogen-bond donors (Lipinski definition) is 2. The molecule has 4 heteroatoms. The summed E-state index contributed by atoms with van der Waals surface area (Å²) in [5, 5.41) is 13.4. The molecule has 20 heavy (non-hydrogen) atoms. The van der Waals surface area contributed by atoms with Gasteiger partial charge in [0, 0.05) is 11.1 Å². The van der Waals surface area contributed by atoms with Crippen LogP contribution in [0, 0.1) is 0 Å². The third-order valence-corrected chi connectivity index (χ3v) is 4.21. The van der Waals surface area contributed by atoms with Gasteiger partial charge in [0.1, 0.15) is 6.04 Å². The van der Waals surface area contributed by atoms with E-state index in [1.807, 2.05) is 0 Å². The third kappa shape index (κ3) is 4.50. The molecule has 0 spiro atoms. The summed E-state index contributed by atoms with van der Waals surface area (Å²) >= 11 is 5.86. The van der Waals surface area contributed by atoms with Crippen LogP contribution >= 0.6 is 11.6 Å². The Labute approximate surface area is 125 Å². The number of carboxylic acids is 1. The standard InChI is InChI=1S/C16H22ClNO2/c17-13-10-8-12(9-11-13)15(16(19)20)18-14-6-4-2-1-3-5-7-14/h8-11,14-15,18H,1-7H2,(H,19,20). The van der Waals surface area contributed by atoms with Crippen molar-refractivity contribution < 1.29 is 9.90 Å². The highest BCUT2D eigenvalue weighted by Gasteiger charge is 2.23. The predicted octanol–water partition coefficient (Wildman–Crippen LogP) is 4.17. The zero-order valence-corrected chi connectivity index (χ0v) is 12.4. The van der Waals surface area contributed by atoms with Gasteiger partial charge in [-0.15, -0.1) is 0 Å². The first-order valence-corrected chi connectivity index (χ1v) is 7.79. The molecule has 2 rings (SSSR count). The lowest BCUT2D eigenvalue weighted by Gasteiger charge is -2.25. The largest absolute Gasteiger partial charge is 0.480 e. The Balaban J connectivity index is 2.04. The zero-order valence-electron chi connectivity index (χ0n) is 11.6. The van der Waals surface area contributed by atoms with Gasteiger partial charge in [-0.05, 0) is 30.5 Å². The van der Waals surface area contributed by atoms with Crippen LogP contribution in [0.5, 0.6) is 0 Å². The molecule has 3 nitrogen and oxygen atoms in total. The van der Waals surface area contributed by atoms with Gasteiger partial charge in [0.25, 0.3) is 0 Å². The summed E-state index contributed by atoms with van der Waals surface area (Å²) in [4.78, 5) is 11.5. The highest BCUT2D eigenvalue weighted by atomic mass is 35.5. The van der Waals surface area contributed by atoms with Gasteiger partial charge >= 0.3 is 5.97 Å². The summed E-state index contributed by atoms with van der Waals surface area (Å²) in [5.41, 5.74) is 0.768. The first-order valence-electron chi connectivity index (χ1n) is 7.41. The fourth-order valence-corrected chi connectivity index (χ4v) is 2.95. The van der Waals surface area contributed by atoms with Crippen molar-refractivity contribution in [1.82, 2.24) is 5.32 Å². The first kappa shape index (κ1) is 15.3. The summed E-state index contributed by atoms with van der Waals surface area (Å²) in [7, 11) is 0. The number of carboxylic acid groups (broad SMARTS) is 1. The highest BCUT2D eigenvalue weighted by molar-refractivity contribution is 6.30. The minimum absolute atomic E-state index is 0.298. The van der Waals surface area contributed by atoms with E-state index in [2.05, 4.69) is 5.32 Å². The number of rotatable bonds is 4. The van der Waals surface area contributed by atoms with E-state index in [1.54, 1.807) is 24.3 Å². The number of carbonyl (C=O) groups is 1. The van der Waals surface area contributed by atoms with Crippen LogP contribution in [0.25, 0.3) is 0 Å². The maximum atomic E-state index is 11.5. The Bertz CT molecular complexity index is 425. The van der Waals surface area contributed by atoms with E-state index >= 15 is 0 Å². The number of hydrogen-bond acceptors (Lipinski definition) is 2. The maximum absolute atomic E-state index is 11.5. The van der Waals surface area contributed by atoms with Crippen LogP contribution in [-0.4, -0.2) is 17.1 Å². The lowest BCUT2D eigenvalue weighted by Crippen LogP contribution is -2.37. The Kier molecular flexibility index (Phi) is 5.86. The van der Waals surface area contributed by atoms with E-state index in [1.165, 1.54) is 32.1 Å². The SMILES string of the molecule is O=C(O)C(NC1CCCCCCC1)c1ccc(Cl)cc1. The average Bonchev–Trinajstić information content (AvgIpc) is 2.38. The fourth-order valence-electron chi connectivity index (χ4n) is 2.82. The summed E-state index contributed by atoms with van der Waals surface area (Å²) in [6.45, 7) is 0. The smallest absolute Gasteiger partial charge is 0.325 e. The van der Waals surface area contributed by atoms with E-state index in [0.29, 0.717) is 11.1 Å². The molecule has 0 bridgehead atoms. The molecule has 110 valence electrons. The molecule has 1 fully saturated rings. The molecular weight excluding hydrogens is 274 g/mol. The molecular formula is C16H22ClNO2. The molecule has 0 aromatic heterocycles. The molecule has 2 N–H and O–H groups in total. The van der Waals surface area contributed by atoms with Gasteiger partial charge in [-0.3, -0.25) is 10.1 Å². The second kappa shape index (κ2) is 7.65. The van der Waals surface area contributed by atoms with Crippen LogP contribution in [-0.2, 0) is 4.79 Å². The number of aliphatic carboxylic acids is 1. The second-order valence-electron chi connectivity index (χ2n) is 5.53. The average molecular weight is 296 g/mol. The van der Waals surface area contributed by atoms with Gasteiger partial charge in [-0.25, -0.2) is 0 Å². The molecule has 1 aliphatic carbocycles. The minimum Gasteiger partial charge on any atom is -0.480 e. The molecule has 1 unspecified atom stereocenters. The Morgan fingerprint density at radius 2 is 1.65 bits per heavy atom. The monoisotopic (exact) mass is 295 g/mol. The van der Waals surface area contributed by atoms with E-state index in [9.17, 15) is 9.90 Å². The van der Waals surface area contributed by atoms with Gasteiger partial charge in [-0.1, -0.05) is 55.8 Å². The van der Waals surface area contributed by atoms with Crippen LogP contribution in [0.3, 0.4) is 0 Å². The molecule has 0 heterocycles. The van der Waals surface area contributed by atoms with Crippen molar-refractivity contribution in [2.45, 2.75) is 57.0 Å². The van der Waals surface area contributed by atoms with E-state index in [-0.39, 0.29) is 0 Å². The molecule has 0 amide bonds. The quantitative estimate of drug-likeness (QED) is 0.876. The lowest BCUT2D eigenvalue weighted by atomic mass is 9.95.